The van der Waals surface area contributed by atoms with Gasteiger partial charge in [-0.1, -0.05) is 27.7 Å². The highest BCUT2D eigenvalue weighted by atomic mass is 16.6. The van der Waals surface area contributed by atoms with Crippen LogP contribution in [0.1, 0.15) is 48.5 Å². The number of hydrogen-bond donors (Lipinski definition) is 3. The number of esters is 1. The number of rotatable bonds is 7. The fraction of sp³-hybridized carbons (Fsp3) is 0.812. The van der Waals surface area contributed by atoms with Gasteiger partial charge >= 0.3 is 5.97 Å². The molecule has 0 aromatic carbocycles. The maximum atomic E-state index is 12.2. The predicted molar refractivity (Wildman–Crippen MR) is 88.4 cm³/mol. The summed E-state index contributed by atoms with van der Waals surface area (Å²) < 4.78 is 5.12. The van der Waals surface area contributed by atoms with Crippen LogP contribution in [0.2, 0.25) is 0 Å². The SMILES string of the molecule is CC(C)[C@H](N)C(=O)N[C@H](C(=O)NCC(=O)OC(C)(C)C)C(C)C. The van der Waals surface area contributed by atoms with Crippen molar-refractivity contribution in [3.8, 4) is 0 Å². The Morgan fingerprint density at radius 1 is 1.00 bits per heavy atom. The maximum Gasteiger partial charge on any atom is 0.325 e. The van der Waals surface area contributed by atoms with Crippen LogP contribution in [-0.2, 0) is 19.1 Å². The summed E-state index contributed by atoms with van der Waals surface area (Å²) in [4.78, 5) is 35.9. The summed E-state index contributed by atoms with van der Waals surface area (Å²) in [6.07, 6.45) is 0. The molecule has 7 heteroatoms. The molecule has 2 amide bonds. The Morgan fingerprint density at radius 3 is 1.91 bits per heavy atom. The van der Waals surface area contributed by atoms with Gasteiger partial charge in [-0.15, -0.1) is 0 Å². The number of hydrogen-bond acceptors (Lipinski definition) is 5. The van der Waals surface area contributed by atoms with Crippen molar-refractivity contribution in [3.63, 3.8) is 0 Å². The average molecular weight is 329 g/mol. The predicted octanol–water partition coefficient (Wildman–Crippen LogP) is 0.568. The highest BCUT2D eigenvalue weighted by molar-refractivity contribution is 5.91. The molecule has 2 atom stereocenters. The Kier molecular flexibility index (Phi) is 8.23. The Bertz CT molecular complexity index is 428. The number of nitrogens with one attached hydrogen (secondary N) is 2. The van der Waals surface area contributed by atoms with E-state index in [1.54, 1.807) is 34.6 Å². The summed E-state index contributed by atoms with van der Waals surface area (Å²) >= 11 is 0. The van der Waals surface area contributed by atoms with Crippen LogP contribution in [0, 0.1) is 11.8 Å². The molecule has 0 aliphatic heterocycles. The zero-order valence-electron chi connectivity index (χ0n) is 15.2. The lowest BCUT2D eigenvalue weighted by atomic mass is 10.0. The van der Waals surface area contributed by atoms with E-state index in [-0.39, 0.29) is 24.3 Å². The zero-order valence-corrected chi connectivity index (χ0v) is 15.2. The molecule has 0 aliphatic rings. The van der Waals surface area contributed by atoms with Gasteiger partial charge < -0.3 is 21.1 Å². The standard InChI is InChI=1S/C16H31N3O4/c1-9(2)12(17)14(21)19-13(10(3)4)15(22)18-8-11(20)23-16(5,6)7/h9-10,12-13H,8,17H2,1-7H3,(H,18,22)(H,19,21)/t12-,13-/m0/s1. The van der Waals surface area contributed by atoms with E-state index in [1.165, 1.54) is 0 Å². The fourth-order valence-electron chi connectivity index (χ4n) is 1.73. The Hall–Kier alpha value is -1.63. The zero-order chi connectivity index (χ0) is 18.4. The van der Waals surface area contributed by atoms with Crippen LogP contribution in [-0.4, -0.2) is 42.0 Å². The minimum absolute atomic E-state index is 0.0346. The summed E-state index contributed by atoms with van der Waals surface area (Å²) in [5.74, 6) is -1.52. The quantitative estimate of drug-likeness (QED) is 0.591. The van der Waals surface area contributed by atoms with Crippen molar-refractivity contribution in [2.24, 2.45) is 17.6 Å². The van der Waals surface area contributed by atoms with Crippen LogP contribution in [0.4, 0.5) is 0 Å². The lowest BCUT2D eigenvalue weighted by molar-refractivity contribution is -0.154. The first-order chi connectivity index (χ1) is 10.3. The van der Waals surface area contributed by atoms with Crippen molar-refractivity contribution >= 4 is 17.8 Å². The van der Waals surface area contributed by atoms with Crippen molar-refractivity contribution in [3.05, 3.63) is 0 Å². The van der Waals surface area contributed by atoms with Gasteiger partial charge in [0.25, 0.3) is 0 Å². The van der Waals surface area contributed by atoms with Gasteiger partial charge in [0.2, 0.25) is 11.8 Å². The summed E-state index contributed by atoms with van der Waals surface area (Å²) in [6.45, 7) is 12.3. The molecule has 0 saturated carbocycles. The molecule has 134 valence electrons. The summed E-state index contributed by atoms with van der Waals surface area (Å²) in [5.41, 5.74) is 5.17. The van der Waals surface area contributed by atoms with Crippen molar-refractivity contribution in [2.75, 3.05) is 6.54 Å². The maximum absolute atomic E-state index is 12.2. The van der Waals surface area contributed by atoms with E-state index in [9.17, 15) is 14.4 Å². The topological polar surface area (TPSA) is 111 Å². The van der Waals surface area contributed by atoms with Gasteiger partial charge in [-0.3, -0.25) is 14.4 Å². The van der Waals surface area contributed by atoms with E-state index in [2.05, 4.69) is 10.6 Å². The number of carbonyl (C=O) groups is 3. The van der Waals surface area contributed by atoms with Gasteiger partial charge in [0, 0.05) is 0 Å². The first-order valence-corrected chi connectivity index (χ1v) is 7.90. The lowest BCUT2D eigenvalue weighted by Gasteiger charge is -2.25. The van der Waals surface area contributed by atoms with Crippen LogP contribution in [0.3, 0.4) is 0 Å². The second-order valence-electron chi connectivity index (χ2n) is 7.30. The highest BCUT2D eigenvalue weighted by Crippen LogP contribution is 2.07. The van der Waals surface area contributed by atoms with Crippen molar-refractivity contribution in [1.29, 1.82) is 0 Å². The van der Waals surface area contributed by atoms with Gasteiger partial charge in [0.05, 0.1) is 6.04 Å². The summed E-state index contributed by atoms with van der Waals surface area (Å²) in [7, 11) is 0. The number of ether oxygens (including phenoxy) is 1. The molecule has 0 bridgehead atoms. The van der Waals surface area contributed by atoms with Gasteiger partial charge in [-0.2, -0.15) is 0 Å². The van der Waals surface area contributed by atoms with Gasteiger partial charge in [-0.05, 0) is 32.6 Å². The minimum Gasteiger partial charge on any atom is -0.459 e. The molecule has 0 aromatic heterocycles. The minimum atomic E-state index is -0.755. The Balaban J connectivity index is 4.64. The molecule has 0 aliphatic carbocycles. The smallest absolute Gasteiger partial charge is 0.325 e. The third-order valence-electron chi connectivity index (χ3n) is 3.09. The molecule has 0 rings (SSSR count). The molecule has 7 nitrogen and oxygen atoms in total. The van der Waals surface area contributed by atoms with Crippen LogP contribution in [0.5, 0.6) is 0 Å². The summed E-state index contributed by atoms with van der Waals surface area (Å²) in [5, 5.41) is 5.13. The number of nitrogens with two attached hydrogens (primary N) is 1. The van der Waals surface area contributed by atoms with Crippen LogP contribution in [0.25, 0.3) is 0 Å². The van der Waals surface area contributed by atoms with Gasteiger partial charge in [0.1, 0.15) is 18.2 Å². The molecule has 0 radical (unpaired) electrons. The van der Waals surface area contributed by atoms with E-state index in [4.69, 9.17) is 10.5 Å². The van der Waals surface area contributed by atoms with Crippen molar-refractivity contribution in [1.82, 2.24) is 10.6 Å². The van der Waals surface area contributed by atoms with E-state index in [0.29, 0.717) is 0 Å². The summed E-state index contributed by atoms with van der Waals surface area (Å²) in [6, 6.07) is -1.44. The Labute approximate surface area is 138 Å². The number of amides is 2. The van der Waals surface area contributed by atoms with Crippen molar-refractivity contribution in [2.45, 2.75) is 66.2 Å². The molecule has 0 aromatic rings. The van der Waals surface area contributed by atoms with Gasteiger partial charge in [-0.25, -0.2) is 0 Å². The monoisotopic (exact) mass is 329 g/mol. The van der Waals surface area contributed by atoms with Crippen LogP contribution in [0.15, 0.2) is 0 Å². The normalized spacial score (nSPS) is 14.3. The Morgan fingerprint density at radius 2 is 1.52 bits per heavy atom. The fourth-order valence-corrected chi connectivity index (χ4v) is 1.73. The van der Waals surface area contributed by atoms with E-state index in [1.807, 2.05) is 13.8 Å². The molecular formula is C16H31N3O4. The average Bonchev–Trinajstić information content (AvgIpc) is 2.38. The molecule has 4 N–H and O–H groups in total. The van der Waals surface area contributed by atoms with E-state index < -0.39 is 29.6 Å². The third kappa shape index (κ3) is 8.54. The van der Waals surface area contributed by atoms with E-state index >= 15 is 0 Å². The molecule has 0 spiro atoms. The van der Waals surface area contributed by atoms with E-state index in [0.717, 1.165) is 0 Å². The third-order valence-corrected chi connectivity index (χ3v) is 3.09. The molecule has 0 fully saturated rings. The van der Waals surface area contributed by atoms with Gasteiger partial charge in [0.15, 0.2) is 0 Å². The second-order valence-corrected chi connectivity index (χ2v) is 7.30. The molecule has 23 heavy (non-hydrogen) atoms. The second kappa shape index (κ2) is 8.86. The number of carbonyl (C=O) groups excluding carboxylic acids is 3. The highest BCUT2D eigenvalue weighted by Gasteiger charge is 2.28. The van der Waals surface area contributed by atoms with Crippen molar-refractivity contribution < 1.29 is 19.1 Å². The molecule has 0 unspecified atom stereocenters. The lowest BCUT2D eigenvalue weighted by Crippen LogP contribution is -2.55. The molecule has 0 heterocycles. The molecular weight excluding hydrogens is 298 g/mol. The van der Waals surface area contributed by atoms with Crippen LogP contribution >= 0.6 is 0 Å². The largest absolute Gasteiger partial charge is 0.459 e. The van der Waals surface area contributed by atoms with Crippen LogP contribution < -0.4 is 16.4 Å². The first kappa shape index (κ1) is 21.4. The first-order valence-electron chi connectivity index (χ1n) is 7.90. The molecule has 0 saturated heterocycles.